The molecule has 0 fully saturated rings. The van der Waals surface area contributed by atoms with E-state index in [1.807, 2.05) is 19.2 Å². The van der Waals surface area contributed by atoms with Crippen LogP contribution in [0.15, 0.2) is 17.5 Å². The fourth-order valence-corrected chi connectivity index (χ4v) is 1.67. The number of carbonyl (C=O) groups is 2. The van der Waals surface area contributed by atoms with E-state index in [0.29, 0.717) is 4.88 Å². The minimum Gasteiger partial charge on any atom is -0.352 e. The molecule has 0 saturated heterocycles. The standard InChI is InChI=1S/C10H14N2O2S/c1-7(2)12-9(13)6-11-10(14)8-4-3-5-15-8/h3-5,7H,6H2,1-2H3,(H,11,14)(H,12,13). The number of amides is 2. The average Bonchev–Trinajstić information content (AvgIpc) is 2.65. The van der Waals surface area contributed by atoms with Gasteiger partial charge in [0.25, 0.3) is 5.91 Å². The second-order valence-corrected chi connectivity index (χ2v) is 4.33. The van der Waals surface area contributed by atoms with Gasteiger partial charge in [0.1, 0.15) is 0 Å². The summed E-state index contributed by atoms with van der Waals surface area (Å²) in [6.07, 6.45) is 0. The van der Waals surface area contributed by atoms with Crippen LogP contribution in [0.3, 0.4) is 0 Å². The molecule has 1 aromatic rings. The largest absolute Gasteiger partial charge is 0.352 e. The fourth-order valence-electron chi connectivity index (χ4n) is 1.03. The first-order valence-electron chi connectivity index (χ1n) is 4.70. The summed E-state index contributed by atoms with van der Waals surface area (Å²) in [4.78, 5) is 23.2. The summed E-state index contributed by atoms with van der Waals surface area (Å²) >= 11 is 1.35. The maximum Gasteiger partial charge on any atom is 0.261 e. The summed E-state index contributed by atoms with van der Waals surface area (Å²) in [5.41, 5.74) is 0. The number of nitrogens with one attached hydrogen (secondary N) is 2. The van der Waals surface area contributed by atoms with Gasteiger partial charge in [0.15, 0.2) is 0 Å². The Labute approximate surface area is 92.7 Å². The van der Waals surface area contributed by atoms with Gasteiger partial charge in [0.2, 0.25) is 5.91 Å². The topological polar surface area (TPSA) is 58.2 Å². The summed E-state index contributed by atoms with van der Waals surface area (Å²) in [5, 5.41) is 7.07. The van der Waals surface area contributed by atoms with E-state index in [0.717, 1.165) is 0 Å². The van der Waals surface area contributed by atoms with Crippen molar-refractivity contribution in [3.05, 3.63) is 22.4 Å². The third-order valence-electron chi connectivity index (χ3n) is 1.60. The Balaban J connectivity index is 2.32. The number of hydrogen-bond acceptors (Lipinski definition) is 3. The van der Waals surface area contributed by atoms with Gasteiger partial charge in [0.05, 0.1) is 11.4 Å². The van der Waals surface area contributed by atoms with Crippen LogP contribution >= 0.6 is 11.3 Å². The van der Waals surface area contributed by atoms with Crippen LogP contribution in [0, 0.1) is 0 Å². The van der Waals surface area contributed by atoms with Gasteiger partial charge >= 0.3 is 0 Å². The summed E-state index contributed by atoms with van der Waals surface area (Å²) in [6, 6.07) is 3.62. The van der Waals surface area contributed by atoms with Crippen LogP contribution in [0.5, 0.6) is 0 Å². The van der Waals surface area contributed by atoms with Crippen molar-refractivity contribution in [2.24, 2.45) is 0 Å². The Morgan fingerprint density at radius 2 is 2.20 bits per heavy atom. The first-order chi connectivity index (χ1) is 7.09. The summed E-state index contributed by atoms with van der Waals surface area (Å²) < 4.78 is 0. The molecule has 0 spiro atoms. The monoisotopic (exact) mass is 226 g/mol. The highest BCUT2D eigenvalue weighted by atomic mass is 32.1. The normalized spacial score (nSPS) is 10.1. The molecule has 0 aliphatic heterocycles. The van der Waals surface area contributed by atoms with Crippen LogP contribution in [0.4, 0.5) is 0 Å². The number of carbonyl (C=O) groups excluding carboxylic acids is 2. The lowest BCUT2D eigenvalue weighted by Crippen LogP contribution is -2.39. The molecule has 0 atom stereocenters. The van der Waals surface area contributed by atoms with E-state index in [1.54, 1.807) is 12.1 Å². The molecule has 82 valence electrons. The third kappa shape index (κ3) is 4.12. The molecule has 2 amide bonds. The van der Waals surface area contributed by atoms with Gasteiger partial charge in [-0.3, -0.25) is 9.59 Å². The van der Waals surface area contributed by atoms with E-state index in [9.17, 15) is 9.59 Å². The Morgan fingerprint density at radius 3 is 2.73 bits per heavy atom. The predicted molar refractivity (Wildman–Crippen MR) is 59.9 cm³/mol. The van der Waals surface area contributed by atoms with Gasteiger partial charge in [-0.25, -0.2) is 0 Å². The molecule has 1 aromatic heterocycles. The lowest BCUT2D eigenvalue weighted by Gasteiger charge is -2.08. The van der Waals surface area contributed by atoms with Crippen LogP contribution in [0.2, 0.25) is 0 Å². The smallest absolute Gasteiger partial charge is 0.261 e. The van der Waals surface area contributed by atoms with Crippen LogP contribution in [-0.4, -0.2) is 24.4 Å². The summed E-state index contributed by atoms with van der Waals surface area (Å²) in [7, 11) is 0. The molecule has 0 radical (unpaired) electrons. The number of hydrogen-bond donors (Lipinski definition) is 2. The maximum absolute atomic E-state index is 11.4. The Morgan fingerprint density at radius 1 is 1.47 bits per heavy atom. The molecule has 4 nitrogen and oxygen atoms in total. The van der Waals surface area contributed by atoms with Crippen molar-refractivity contribution in [2.45, 2.75) is 19.9 Å². The highest BCUT2D eigenvalue weighted by Gasteiger charge is 2.08. The first-order valence-corrected chi connectivity index (χ1v) is 5.58. The van der Waals surface area contributed by atoms with Gasteiger partial charge < -0.3 is 10.6 Å². The van der Waals surface area contributed by atoms with Crippen molar-refractivity contribution in [1.29, 1.82) is 0 Å². The molecule has 5 heteroatoms. The van der Waals surface area contributed by atoms with Gasteiger partial charge in [-0.2, -0.15) is 0 Å². The predicted octanol–water partition coefficient (Wildman–Crippen LogP) is 1.00. The quantitative estimate of drug-likeness (QED) is 0.804. The highest BCUT2D eigenvalue weighted by molar-refractivity contribution is 7.12. The molecule has 0 aliphatic carbocycles. The molecular weight excluding hydrogens is 212 g/mol. The lowest BCUT2D eigenvalue weighted by atomic mass is 10.4. The van der Waals surface area contributed by atoms with Gasteiger partial charge in [0, 0.05) is 6.04 Å². The van der Waals surface area contributed by atoms with Crippen LogP contribution in [-0.2, 0) is 4.79 Å². The van der Waals surface area contributed by atoms with E-state index in [-0.39, 0.29) is 24.4 Å². The highest BCUT2D eigenvalue weighted by Crippen LogP contribution is 2.07. The van der Waals surface area contributed by atoms with Crippen molar-refractivity contribution in [2.75, 3.05) is 6.54 Å². The summed E-state index contributed by atoms with van der Waals surface area (Å²) in [6.45, 7) is 3.77. The van der Waals surface area contributed by atoms with Gasteiger partial charge in [-0.15, -0.1) is 11.3 Å². The van der Waals surface area contributed by atoms with Crippen LogP contribution in [0.1, 0.15) is 23.5 Å². The molecule has 0 bridgehead atoms. The molecule has 0 aromatic carbocycles. The van der Waals surface area contributed by atoms with E-state index in [1.165, 1.54) is 11.3 Å². The molecule has 2 N–H and O–H groups in total. The van der Waals surface area contributed by atoms with Crippen molar-refractivity contribution in [3.63, 3.8) is 0 Å². The Bertz CT molecular complexity index is 333. The minimum absolute atomic E-state index is 0.0227. The second kappa shape index (κ2) is 5.50. The van der Waals surface area contributed by atoms with Crippen molar-refractivity contribution >= 4 is 23.2 Å². The molecule has 1 rings (SSSR count). The molecule has 0 unspecified atom stereocenters. The molecule has 0 saturated carbocycles. The van der Waals surface area contributed by atoms with E-state index in [2.05, 4.69) is 10.6 Å². The Hall–Kier alpha value is -1.36. The van der Waals surface area contributed by atoms with Crippen molar-refractivity contribution in [3.8, 4) is 0 Å². The fraction of sp³-hybridized carbons (Fsp3) is 0.400. The SMILES string of the molecule is CC(C)NC(=O)CNC(=O)c1cccs1. The molecule has 1 heterocycles. The molecular formula is C10H14N2O2S. The van der Waals surface area contributed by atoms with Crippen molar-refractivity contribution < 1.29 is 9.59 Å². The number of thiophene rings is 1. The summed E-state index contributed by atoms with van der Waals surface area (Å²) in [5.74, 6) is -0.376. The van der Waals surface area contributed by atoms with Crippen molar-refractivity contribution in [1.82, 2.24) is 10.6 Å². The molecule has 0 aliphatic rings. The van der Waals surface area contributed by atoms with E-state index >= 15 is 0 Å². The van der Waals surface area contributed by atoms with E-state index < -0.39 is 0 Å². The Kier molecular flexibility index (Phi) is 4.30. The zero-order valence-electron chi connectivity index (χ0n) is 8.74. The van der Waals surface area contributed by atoms with Gasteiger partial charge in [-0.05, 0) is 25.3 Å². The van der Waals surface area contributed by atoms with E-state index in [4.69, 9.17) is 0 Å². The second-order valence-electron chi connectivity index (χ2n) is 3.38. The zero-order valence-corrected chi connectivity index (χ0v) is 9.56. The first kappa shape index (κ1) is 11.7. The molecule has 15 heavy (non-hydrogen) atoms. The average molecular weight is 226 g/mol. The zero-order chi connectivity index (χ0) is 11.3. The maximum atomic E-state index is 11.4. The third-order valence-corrected chi connectivity index (χ3v) is 2.47. The number of rotatable bonds is 4. The van der Waals surface area contributed by atoms with Crippen LogP contribution in [0.25, 0.3) is 0 Å². The van der Waals surface area contributed by atoms with Gasteiger partial charge in [-0.1, -0.05) is 6.07 Å². The minimum atomic E-state index is -0.205. The lowest BCUT2D eigenvalue weighted by molar-refractivity contribution is -0.120. The van der Waals surface area contributed by atoms with Crippen LogP contribution < -0.4 is 10.6 Å².